The number of amides is 4. The molecule has 1 aromatic rings. The number of carbonyl (C=O) groups excluding carboxylic acids is 4. The molecule has 11 heteroatoms. The Labute approximate surface area is 273 Å². The normalized spacial score (nSPS) is 24.4. The number of hydrogen-bond acceptors (Lipinski definition) is 8. The number of fused-ring (bicyclic) bond motifs is 1. The summed E-state index contributed by atoms with van der Waals surface area (Å²) in [5, 5.41) is 2.38. The number of carbonyl (C=O) groups is 4. The van der Waals surface area contributed by atoms with Crippen LogP contribution in [-0.2, 0) is 20.9 Å². The Morgan fingerprint density at radius 2 is 1.57 bits per heavy atom. The molecule has 6 rings (SSSR count). The molecule has 4 saturated heterocycles. The van der Waals surface area contributed by atoms with Gasteiger partial charge in [-0.25, -0.2) is 4.79 Å². The van der Waals surface area contributed by atoms with Crippen LogP contribution in [0.1, 0.15) is 81.6 Å². The molecule has 1 N–H and O–H groups in total. The molecule has 1 aromatic carbocycles. The van der Waals surface area contributed by atoms with Crippen LogP contribution in [0.5, 0.6) is 0 Å². The van der Waals surface area contributed by atoms with Gasteiger partial charge in [0.25, 0.3) is 5.91 Å². The van der Waals surface area contributed by atoms with Crippen molar-refractivity contribution in [1.29, 1.82) is 0 Å². The Hall–Kier alpha value is -3.18. The summed E-state index contributed by atoms with van der Waals surface area (Å²) in [5.41, 5.74) is 2.34. The number of hydrogen-bond donors (Lipinski definition) is 1. The van der Waals surface area contributed by atoms with Crippen LogP contribution in [0.4, 0.5) is 10.5 Å². The van der Waals surface area contributed by atoms with Gasteiger partial charge in [-0.15, -0.1) is 0 Å². The molecule has 0 aliphatic carbocycles. The molecule has 46 heavy (non-hydrogen) atoms. The maximum absolute atomic E-state index is 13.1. The van der Waals surface area contributed by atoms with Gasteiger partial charge in [-0.2, -0.15) is 0 Å². The molecular weight excluding hydrogens is 584 g/mol. The molecule has 0 bridgehead atoms. The first-order valence-electron chi connectivity index (χ1n) is 17.5. The topological polar surface area (TPSA) is 106 Å². The predicted molar refractivity (Wildman–Crippen MR) is 175 cm³/mol. The number of anilines is 1. The summed E-state index contributed by atoms with van der Waals surface area (Å²) >= 11 is 0. The predicted octanol–water partition coefficient (Wildman–Crippen LogP) is 3.32. The van der Waals surface area contributed by atoms with E-state index < -0.39 is 11.6 Å². The standard InChI is InChI=1S/C35H52N6O5/c1-35(2,3)46-34(45)40-16-11-25(12-17-40)8-13-37-14-9-26(10-15-37)23-38-18-20-39(21-19-38)28-4-5-29-27(22-28)24-41(33(29)44)30-6-7-31(42)36-32(30)43/h4-5,22,25-26,30H,6-21,23-24H2,1-3H3,(H,36,42,43). The van der Waals surface area contributed by atoms with E-state index in [1.807, 2.05) is 37.8 Å². The fourth-order valence-corrected chi connectivity index (χ4v) is 7.80. The second kappa shape index (κ2) is 13.9. The zero-order valence-electron chi connectivity index (χ0n) is 28.0. The third-order valence-electron chi connectivity index (χ3n) is 10.6. The van der Waals surface area contributed by atoms with Crippen molar-refractivity contribution in [3.05, 3.63) is 29.3 Å². The summed E-state index contributed by atoms with van der Waals surface area (Å²) in [6, 6.07) is 5.49. The van der Waals surface area contributed by atoms with Crippen molar-refractivity contribution in [3.63, 3.8) is 0 Å². The van der Waals surface area contributed by atoms with E-state index >= 15 is 0 Å². The van der Waals surface area contributed by atoms with Crippen molar-refractivity contribution in [2.75, 3.05) is 70.3 Å². The second-order valence-electron chi connectivity index (χ2n) is 15.0. The summed E-state index contributed by atoms with van der Waals surface area (Å²) in [7, 11) is 0. The van der Waals surface area contributed by atoms with E-state index in [-0.39, 0.29) is 30.2 Å². The quantitative estimate of drug-likeness (QED) is 0.455. The fourth-order valence-electron chi connectivity index (χ4n) is 7.80. The largest absolute Gasteiger partial charge is 0.444 e. The zero-order valence-corrected chi connectivity index (χ0v) is 28.0. The first kappa shape index (κ1) is 32.7. The van der Waals surface area contributed by atoms with Gasteiger partial charge in [-0.05, 0) is 115 Å². The molecule has 0 spiro atoms. The Bertz CT molecular complexity index is 1290. The van der Waals surface area contributed by atoms with E-state index in [4.69, 9.17) is 4.74 Å². The van der Waals surface area contributed by atoms with E-state index in [1.54, 1.807) is 4.90 Å². The molecule has 11 nitrogen and oxygen atoms in total. The molecule has 5 heterocycles. The smallest absolute Gasteiger partial charge is 0.410 e. The monoisotopic (exact) mass is 636 g/mol. The summed E-state index contributed by atoms with van der Waals surface area (Å²) in [4.78, 5) is 60.5. The van der Waals surface area contributed by atoms with Crippen molar-refractivity contribution in [1.82, 2.24) is 24.9 Å². The van der Waals surface area contributed by atoms with Crippen LogP contribution in [0.25, 0.3) is 0 Å². The van der Waals surface area contributed by atoms with Crippen LogP contribution in [0.3, 0.4) is 0 Å². The summed E-state index contributed by atoms with van der Waals surface area (Å²) in [6.07, 6.45) is 6.38. The minimum absolute atomic E-state index is 0.118. The number of piperazine rings is 1. The van der Waals surface area contributed by atoms with Gasteiger partial charge in [0.1, 0.15) is 11.6 Å². The molecule has 1 unspecified atom stereocenters. The number of nitrogens with zero attached hydrogens (tertiary/aromatic N) is 5. The highest BCUT2D eigenvalue weighted by Crippen LogP contribution is 2.31. The number of piperidine rings is 3. The van der Waals surface area contributed by atoms with E-state index in [0.717, 1.165) is 69.3 Å². The van der Waals surface area contributed by atoms with Gasteiger partial charge in [0, 0.05) is 70.0 Å². The highest BCUT2D eigenvalue weighted by atomic mass is 16.6. The summed E-state index contributed by atoms with van der Waals surface area (Å²) < 4.78 is 5.54. The molecular formula is C35H52N6O5. The van der Waals surface area contributed by atoms with Gasteiger partial charge in [0.05, 0.1) is 0 Å². The lowest BCUT2D eigenvalue weighted by atomic mass is 9.92. The van der Waals surface area contributed by atoms with E-state index in [0.29, 0.717) is 24.4 Å². The second-order valence-corrected chi connectivity index (χ2v) is 15.0. The minimum atomic E-state index is -0.577. The lowest BCUT2D eigenvalue weighted by Gasteiger charge is -2.40. The SMILES string of the molecule is CC(C)(C)OC(=O)N1CCC(CCN2CCC(CN3CCN(c4ccc5c(c4)CN(C4CCC(=O)NC4=O)C5=O)CC3)CC2)CC1. The Morgan fingerprint density at radius 1 is 0.870 bits per heavy atom. The molecule has 4 amide bonds. The van der Waals surface area contributed by atoms with Gasteiger partial charge in [0.15, 0.2) is 0 Å². The third-order valence-corrected chi connectivity index (χ3v) is 10.6. The van der Waals surface area contributed by atoms with Crippen LogP contribution in [-0.4, -0.2) is 121 Å². The van der Waals surface area contributed by atoms with Crippen LogP contribution < -0.4 is 10.2 Å². The van der Waals surface area contributed by atoms with Crippen molar-refractivity contribution in [3.8, 4) is 0 Å². The van der Waals surface area contributed by atoms with Gasteiger partial charge in [-0.3, -0.25) is 24.6 Å². The van der Waals surface area contributed by atoms with E-state index in [1.165, 1.54) is 45.4 Å². The highest BCUT2D eigenvalue weighted by molar-refractivity contribution is 6.05. The molecule has 252 valence electrons. The molecule has 0 saturated carbocycles. The van der Waals surface area contributed by atoms with Crippen LogP contribution in [0.15, 0.2) is 18.2 Å². The minimum Gasteiger partial charge on any atom is -0.444 e. The maximum Gasteiger partial charge on any atom is 0.410 e. The molecule has 4 fully saturated rings. The average molecular weight is 637 g/mol. The molecule has 0 radical (unpaired) electrons. The number of ether oxygens (including phenoxy) is 1. The van der Waals surface area contributed by atoms with Crippen molar-refractivity contribution in [2.45, 2.75) is 83.9 Å². The van der Waals surface area contributed by atoms with Gasteiger partial charge in [-0.1, -0.05) is 0 Å². The summed E-state index contributed by atoms with van der Waals surface area (Å²) in [5.74, 6) is 0.701. The van der Waals surface area contributed by atoms with Crippen molar-refractivity contribution < 1.29 is 23.9 Å². The highest BCUT2D eigenvalue weighted by Gasteiger charge is 2.39. The van der Waals surface area contributed by atoms with Crippen LogP contribution >= 0.6 is 0 Å². The Balaban J connectivity index is 0.883. The molecule has 0 aromatic heterocycles. The van der Waals surface area contributed by atoms with Gasteiger partial charge in [0.2, 0.25) is 11.8 Å². The fraction of sp³-hybridized carbons (Fsp3) is 0.714. The van der Waals surface area contributed by atoms with Gasteiger partial charge < -0.3 is 24.3 Å². The maximum atomic E-state index is 13.1. The van der Waals surface area contributed by atoms with Gasteiger partial charge >= 0.3 is 6.09 Å². The molecule has 1 atom stereocenters. The van der Waals surface area contributed by atoms with E-state index in [9.17, 15) is 19.2 Å². The van der Waals surface area contributed by atoms with Crippen LogP contribution in [0, 0.1) is 11.8 Å². The lowest BCUT2D eigenvalue weighted by molar-refractivity contribution is -0.136. The third kappa shape index (κ3) is 7.85. The molecule has 5 aliphatic heterocycles. The lowest BCUT2D eigenvalue weighted by Crippen LogP contribution is -2.52. The first-order chi connectivity index (χ1) is 22.0. The number of nitrogens with one attached hydrogen (secondary N) is 1. The first-order valence-corrected chi connectivity index (χ1v) is 17.5. The Morgan fingerprint density at radius 3 is 2.24 bits per heavy atom. The van der Waals surface area contributed by atoms with Crippen molar-refractivity contribution in [2.24, 2.45) is 11.8 Å². The van der Waals surface area contributed by atoms with E-state index in [2.05, 4.69) is 26.1 Å². The zero-order chi connectivity index (χ0) is 32.4. The summed E-state index contributed by atoms with van der Waals surface area (Å²) in [6.45, 7) is 16.5. The number of likely N-dealkylation sites (tertiary alicyclic amines) is 2. The average Bonchev–Trinajstić information content (AvgIpc) is 3.35. The van der Waals surface area contributed by atoms with Crippen molar-refractivity contribution >= 4 is 29.5 Å². The number of rotatable bonds is 7. The van der Waals surface area contributed by atoms with Crippen LogP contribution in [0.2, 0.25) is 0 Å². The number of benzene rings is 1. The Kier molecular flexibility index (Phi) is 9.89. The number of imide groups is 1. The molecule has 5 aliphatic rings.